The SMILES string of the molecule is COC(=O)C(C)(C)C(C[N+](=O)[O-])c1ccc(F)cc1. The van der Waals surface area contributed by atoms with Gasteiger partial charge in [-0.1, -0.05) is 12.1 Å². The van der Waals surface area contributed by atoms with Crippen molar-refractivity contribution in [3.63, 3.8) is 0 Å². The van der Waals surface area contributed by atoms with Crippen molar-refractivity contribution >= 4 is 5.97 Å². The van der Waals surface area contributed by atoms with E-state index in [9.17, 15) is 19.3 Å². The van der Waals surface area contributed by atoms with Gasteiger partial charge in [0.2, 0.25) is 6.54 Å². The largest absolute Gasteiger partial charge is 0.469 e. The Morgan fingerprint density at radius 1 is 1.42 bits per heavy atom. The summed E-state index contributed by atoms with van der Waals surface area (Å²) < 4.78 is 17.6. The molecule has 19 heavy (non-hydrogen) atoms. The van der Waals surface area contributed by atoms with E-state index in [4.69, 9.17) is 0 Å². The number of ether oxygens (including phenoxy) is 1. The van der Waals surface area contributed by atoms with E-state index in [0.29, 0.717) is 5.56 Å². The van der Waals surface area contributed by atoms with Crippen LogP contribution in [0.5, 0.6) is 0 Å². The van der Waals surface area contributed by atoms with E-state index in [-0.39, 0.29) is 0 Å². The van der Waals surface area contributed by atoms with Gasteiger partial charge in [-0.05, 0) is 31.5 Å². The van der Waals surface area contributed by atoms with E-state index in [0.717, 1.165) is 0 Å². The highest BCUT2D eigenvalue weighted by molar-refractivity contribution is 5.77. The predicted octanol–water partition coefficient (Wildman–Crippen LogP) is 2.39. The molecular weight excluding hydrogens is 253 g/mol. The Kier molecular flexibility index (Phi) is 4.58. The van der Waals surface area contributed by atoms with Crippen LogP contribution in [0.4, 0.5) is 4.39 Å². The van der Waals surface area contributed by atoms with Crippen LogP contribution < -0.4 is 0 Å². The number of nitro groups is 1. The van der Waals surface area contributed by atoms with Gasteiger partial charge < -0.3 is 4.74 Å². The second-order valence-electron chi connectivity index (χ2n) is 4.83. The molecule has 0 aliphatic rings. The molecule has 104 valence electrons. The monoisotopic (exact) mass is 269 g/mol. The zero-order valence-electron chi connectivity index (χ0n) is 11.1. The fraction of sp³-hybridized carbons (Fsp3) is 0.462. The van der Waals surface area contributed by atoms with Crippen molar-refractivity contribution in [1.82, 2.24) is 0 Å². The lowest BCUT2D eigenvalue weighted by Gasteiger charge is -2.29. The van der Waals surface area contributed by atoms with Gasteiger partial charge in [-0.3, -0.25) is 14.9 Å². The van der Waals surface area contributed by atoms with Crippen LogP contribution in [0.2, 0.25) is 0 Å². The van der Waals surface area contributed by atoms with E-state index in [2.05, 4.69) is 4.74 Å². The number of carbonyl (C=O) groups excluding carboxylic acids is 1. The van der Waals surface area contributed by atoms with Crippen molar-refractivity contribution in [3.05, 3.63) is 45.8 Å². The zero-order valence-corrected chi connectivity index (χ0v) is 11.1. The fourth-order valence-corrected chi connectivity index (χ4v) is 2.00. The first-order chi connectivity index (χ1) is 8.78. The molecule has 0 aromatic heterocycles. The van der Waals surface area contributed by atoms with Crippen LogP contribution in [0.1, 0.15) is 25.3 Å². The molecule has 0 bridgehead atoms. The van der Waals surface area contributed by atoms with E-state index in [1.165, 1.54) is 31.4 Å². The Balaban J connectivity index is 3.17. The Morgan fingerprint density at radius 3 is 2.37 bits per heavy atom. The third-order valence-electron chi connectivity index (χ3n) is 3.19. The van der Waals surface area contributed by atoms with Gasteiger partial charge in [-0.15, -0.1) is 0 Å². The first kappa shape index (κ1) is 15.1. The molecule has 1 rings (SSSR count). The second-order valence-corrected chi connectivity index (χ2v) is 4.83. The maximum atomic E-state index is 12.9. The normalized spacial score (nSPS) is 12.8. The van der Waals surface area contributed by atoms with Gasteiger partial charge >= 0.3 is 5.97 Å². The van der Waals surface area contributed by atoms with Crippen LogP contribution in [-0.4, -0.2) is 24.5 Å². The third kappa shape index (κ3) is 3.49. The maximum Gasteiger partial charge on any atom is 0.312 e. The standard InChI is InChI=1S/C13H16FNO4/c1-13(2,12(16)19-3)11(8-15(17)18)9-4-6-10(14)7-5-9/h4-7,11H,8H2,1-3H3. The molecule has 0 heterocycles. The molecule has 1 atom stereocenters. The molecule has 0 saturated heterocycles. The maximum absolute atomic E-state index is 12.9. The average molecular weight is 269 g/mol. The number of benzene rings is 1. The summed E-state index contributed by atoms with van der Waals surface area (Å²) in [5.41, 5.74) is -0.534. The van der Waals surface area contributed by atoms with Gasteiger partial charge in [-0.25, -0.2) is 4.39 Å². The smallest absolute Gasteiger partial charge is 0.312 e. The number of methoxy groups -OCH3 is 1. The number of hydrogen-bond acceptors (Lipinski definition) is 4. The first-order valence-electron chi connectivity index (χ1n) is 5.74. The molecule has 1 unspecified atom stereocenters. The summed E-state index contributed by atoms with van der Waals surface area (Å²) >= 11 is 0. The molecule has 0 amide bonds. The van der Waals surface area contributed by atoms with Crippen LogP contribution in [-0.2, 0) is 9.53 Å². The van der Waals surface area contributed by atoms with Gasteiger partial charge in [0, 0.05) is 4.92 Å². The fourth-order valence-electron chi connectivity index (χ4n) is 2.00. The van der Waals surface area contributed by atoms with Crippen molar-refractivity contribution in [2.24, 2.45) is 5.41 Å². The highest BCUT2D eigenvalue weighted by atomic mass is 19.1. The molecule has 1 aromatic carbocycles. The summed E-state index contributed by atoms with van der Waals surface area (Å²) in [5.74, 6) is -1.65. The average Bonchev–Trinajstić information content (AvgIpc) is 2.35. The molecule has 0 aliphatic heterocycles. The summed E-state index contributed by atoms with van der Waals surface area (Å²) in [6.07, 6.45) is 0. The van der Waals surface area contributed by atoms with E-state index in [1.54, 1.807) is 13.8 Å². The number of carbonyl (C=O) groups is 1. The summed E-state index contributed by atoms with van der Waals surface area (Å²) in [7, 11) is 1.23. The van der Waals surface area contributed by atoms with Crippen LogP contribution in [0, 0.1) is 21.3 Å². The summed E-state index contributed by atoms with van der Waals surface area (Å²) in [6.45, 7) is 2.74. The summed E-state index contributed by atoms with van der Waals surface area (Å²) in [6, 6.07) is 5.34. The number of nitrogens with zero attached hydrogens (tertiary/aromatic N) is 1. The van der Waals surface area contributed by atoms with Crippen molar-refractivity contribution in [2.45, 2.75) is 19.8 Å². The van der Waals surface area contributed by atoms with Crippen LogP contribution in [0.15, 0.2) is 24.3 Å². The van der Waals surface area contributed by atoms with Gasteiger partial charge in [0.1, 0.15) is 5.82 Å². The Morgan fingerprint density at radius 2 is 1.95 bits per heavy atom. The molecule has 0 radical (unpaired) electrons. The van der Waals surface area contributed by atoms with Crippen molar-refractivity contribution in [3.8, 4) is 0 Å². The molecular formula is C13H16FNO4. The predicted molar refractivity (Wildman–Crippen MR) is 66.8 cm³/mol. The molecule has 6 heteroatoms. The molecule has 5 nitrogen and oxygen atoms in total. The molecule has 1 aromatic rings. The minimum atomic E-state index is -1.07. The van der Waals surface area contributed by atoms with Crippen LogP contribution in [0.25, 0.3) is 0 Å². The number of rotatable bonds is 5. The summed E-state index contributed by atoms with van der Waals surface area (Å²) in [5, 5.41) is 10.8. The van der Waals surface area contributed by atoms with Crippen molar-refractivity contribution in [1.29, 1.82) is 0 Å². The molecule has 0 spiro atoms. The van der Waals surface area contributed by atoms with Gasteiger partial charge in [0.05, 0.1) is 18.4 Å². The zero-order chi connectivity index (χ0) is 14.6. The number of halogens is 1. The quantitative estimate of drug-likeness (QED) is 0.467. The minimum Gasteiger partial charge on any atom is -0.469 e. The van der Waals surface area contributed by atoms with E-state index >= 15 is 0 Å². The molecule has 0 fully saturated rings. The Labute approximate surface area is 110 Å². The minimum absolute atomic E-state index is 0.423. The lowest BCUT2D eigenvalue weighted by Crippen LogP contribution is -2.36. The van der Waals surface area contributed by atoms with Crippen LogP contribution in [0.3, 0.4) is 0 Å². The number of hydrogen-bond donors (Lipinski definition) is 0. The second kappa shape index (κ2) is 5.77. The third-order valence-corrected chi connectivity index (χ3v) is 3.19. The van der Waals surface area contributed by atoms with Gasteiger partial charge in [0.15, 0.2) is 0 Å². The Hall–Kier alpha value is -1.98. The van der Waals surface area contributed by atoms with Crippen molar-refractivity contribution in [2.75, 3.05) is 13.7 Å². The Bertz CT molecular complexity index is 470. The molecule has 0 N–H and O–H groups in total. The molecule has 0 aliphatic carbocycles. The van der Waals surface area contributed by atoms with Gasteiger partial charge in [-0.2, -0.15) is 0 Å². The van der Waals surface area contributed by atoms with E-state index in [1.807, 2.05) is 0 Å². The van der Waals surface area contributed by atoms with E-state index < -0.39 is 34.6 Å². The van der Waals surface area contributed by atoms with Crippen LogP contribution >= 0.6 is 0 Å². The lowest BCUT2D eigenvalue weighted by atomic mass is 9.75. The molecule has 0 saturated carbocycles. The summed E-state index contributed by atoms with van der Waals surface area (Å²) in [4.78, 5) is 22.1. The number of esters is 1. The lowest BCUT2D eigenvalue weighted by molar-refractivity contribution is -0.485. The highest BCUT2D eigenvalue weighted by Crippen LogP contribution is 2.36. The van der Waals surface area contributed by atoms with Crippen molar-refractivity contribution < 1.29 is 18.8 Å². The topological polar surface area (TPSA) is 69.4 Å². The highest BCUT2D eigenvalue weighted by Gasteiger charge is 2.41. The first-order valence-corrected chi connectivity index (χ1v) is 5.74. The van der Waals surface area contributed by atoms with Gasteiger partial charge in [0.25, 0.3) is 0 Å².